The molecule has 0 aliphatic carbocycles. The highest BCUT2D eigenvalue weighted by atomic mass is 79.9. The second kappa shape index (κ2) is 6.57. The fourth-order valence-electron chi connectivity index (χ4n) is 2.49. The topological polar surface area (TPSA) is 15.3 Å². The van der Waals surface area contributed by atoms with Gasteiger partial charge in [-0.3, -0.25) is 0 Å². The lowest BCUT2D eigenvalue weighted by Crippen LogP contribution is -2.41. The van der Waals surface area contributed by atoms with Crippen LogP contribution in [0.5, 0.6) is 0 Å². The van der Waals surface area contributed by atoms with Gasteiger partial charge in [0.05, 0.1) is 5.02 Å². The van der Waals surface area contributed by atoms with Crippen LogP contribution in [0.3, 0.4) is 0 Å². The van der Waals surface area contributed by atoms with Crippen LogP contribution in [-0.2, 0) is 6.54 Å². The van der Waals surface area contributed by atoms with Crippen LogP contribution < -0.4 is 5.32 Å². The molecule has 0 bridgehead atoms. The lowest BCUT2D eigenvalue weighted by Gasteiger charge is -2.38. The molecule has 19 heavy (non-hydrogen) atoms. The largest absolute Gasteiger partial charge is 0.312 e. The molecule has 0 atom stereocenters. The SMILES string of the molecule is CN1CCC(C)(CNCc2ccc(Cl)c(Br)c2)CC1. The van der Waals surface area contributed by atoms with Crippen molar-refractivity contribution >= 4 is 27.5 Å². The molecular formula is C15H22BrClN2. The summed E-state index contributed by atoms with van der Waals surface area (Å²) in [5, 5.41) is 4.36. The quantitative estimate of drug-likeness (QED) is 0.889. The average molecular weight is 346 g/mol. The molecule has 0 saturated carbocycles. The summed E-state index contributed by atoms with van der Waals surface area (Å²) in [6.45, 7) is 6.81. The number of benzene rings is 1. The Bertz CT molecular complexity index is 428. The molecule has 1 aliphatic heterocycles. The van der Waals surface area contributed by atoms with E-state index in [0.717, 1.165) is 22.6 Å². The molecular weight excluding hydrogens is 324 g/mol. The Kier molecular flexibility index (Phi) is 5.29. The van der Waals surface area contributed by atoms with Crippen LogP contribution in [0.25, 0.3) is 0 Å². The molecule has 1 saturated heterocycles. The highest BCUT2D eigenvalue weighted by Gasteiger charge is 2.28. The Morgan fingerprint density at radius 3 is 2.68 bits per heavy atom. The first-order chi connectivity index (χ1) is 8.98. The van der Waals surface area contributed by atoms with Gasteiger partial charge in [-0.1, -0.05) is 24.6 Å². The minimum absolute atomic E-state index is 0.441. The van der Waals surface area contributed by atoms with Crippen molar-refractivity contribution in [3.63, 3.8) is 0 Å². The van der Waals surface area contributed by atoms with E-state index in [9.17, 15) is 0 Å². The number of nitrogens with zero attached hydrogens (tertiary/aromatic N) is 1. The summed E-state index contributed by atoms with van der Waals surface area (Å²) < 4.78 is 0.971. The van der Waals surface area contributed by atoms with Crippen molar-refractivity contribution in [3.8, 4) is 0 Å². The summed E-state index contributed by atoms with van der Waals surface area (Å²) >= 11 is 9.47. The normalized spacial score (nSPS) is 19.6. The molecule has 0 radical (unpaired) electrons. The van der Waals surface area contributed by atoms with Crippen molar-refractivity contribution in [3.05, 3.63) is 33.3 Å². The number of nitrogens with one attached hydrogen (secondary N) is 1. The van der Waals surface area contributed by atoms with Gasteiger partial charge in [0.25, 0.3) is 0 Å². The number of likely N-dealkylation sites (tertiary alicyclic amines) is 1. The molecule has 1 aliphatic rings. The summed E-state index contributed by atoms with van der Waals surface area (Å²) in [7, 11) is 2.21. The second-order valence-electron chi connectivity index (χ2n) is 5.97. The Labute approximate surface area is 129 Å². The fraction of sp³-hybridized carbons (Fsp3) is 0.600. The Morgan fingerprint density at radius 1 is 1.37 bits per heavy atom. The molecule has 0 amide bonds. The Balaban J connectivity index is 1.81. The maximum atomic E-state index is 6.00. The van der Waals surface area contributed by atoms with Crippen LogP contribution in [0.4, 0.5) is 0 Å². The molecule has 106 valence electrons. The maximum Gasteiger partial charge on any atom is 0.0548 e. The highest BCUT2D eigenvalue weighted by molar-refractivity contribution is 9.10. The van der Waals surface area contributed by atoms with Crippen LogP contribution in [0, 0.1) is 5.41 Å². The molecule has 2 rings (SSSR count). The van der Waals surface area contributed by atoms with Gasteiger partial charge in [-0.05, 0) is 72.0 Å². The van der Waals surface area contributed by atoms with Crippen LogP contribution in [0.15, 0.2) is 22.7 Å². The number of piperidine rings is 1. The first-order valence-electron chi connectivity index (χ1n) is 6.82. The lowest BCUT2D eigenvalue weighted by molar-refractivity contribution is 0.137. The van der Waals surface area contributed by atoms with E-state index in [1.165, 1.54) is 31.5 Å². The Hall–Kier alpha value is -0.0900. The molecule has 0 aromatic heterocycles. The van der Waals surface area contributed by atoms with Crippen molar-refractivity contribution < 1.29 is 0 Å². The van der Waals surface area contributed by atoms with Crippen molar-refractivity contribution in [2.24, 2.45) is 5.41 Å². The third-order valence-corrected chi connectivity index (χ3v) is 5.27. The first kappa shape index (κ1) is 15.3. The predicted octanol–water partition coefficient (Wildman–Crippen LogP) is 3.92. The molecule has 1 heterocycles. The molecule has 1 aromatic rings. The smallest absolute Gasteiger partial charge is 0.0548 e. The first-order valence-corrected chi connectivity index (χ1v) is 7.99. The highest BCUT2D eigenvalue weighted by Crippen LogP contribution is 2.29. The van der Waals surface area contributed by atoms with E-state index < -0.39 is 0 Å². The minimum atomic E-state index is 0.441. The number of hydrogen-bond donors (Lipinski definition) is 1. The van der Waals surface area contributed by atoms with Gasteiger partial charge in [-0.2, -0.15) is 0 Å². The third-order valence-electron chi connectivity index (χ3n) is 4.06. The van der Waals surface area contributed by atoms with E-state index in [0.29, 0.717) is 5.41 Å². The van der Waals surface area contributed by atoms with E-state index in [-0.39, 0.29) is 0 Å². The summed E-state index contributed by atoms with van der Waals surface area (Å²) in [6, 6.07) is 6.11. The van der Waals surface area contributed by atoms with Crippen molar-refractivity contribution in [2.45, 2.75) is 26.3 Å². The number of halogens is 2. The molecule has 1 fully saturated rings. The van der Waals surface area contributed by atoms with Crippen molar-refractivity contribution in [2.75, 3.05) is 26.7 Å². The molecule has 1 aromatic carbocycles. The van der Waals surface area contributed by atoms with E-state index in [4.69, 9.17) is 11.6 Å². The van der Waals surface area contributed by atoms with Crippen LogP contribution in [-0.4, -0.2) is 31.6 Å². The zero-order valence-corrected chi connectivity index (χ0v) is 14.0. The second-order valence-corrected chi connectivity index (χ2v) is 7.23. The van der Waals surface area contributed by atoms with Gasteiger partial charge in [0.15, 0.2) is 0 Å². The molecule has 0 spiro atoms. The van der Waals surface area contributed by atoms with Gasteiger partial charge < -0.3 is 10.2 Å². The lowest BCUT2D eigenvalue weighted by atomic mass is 9.80. The fourth-order valence-corrected chi connectivity index (χ4v) is 3.04. The minimum Gasteiger partial charge on any atom is -0.312 e. The van der Waals surface area contributed by atoms with Crippen molar-refractivity contribution in [1.29, 1.82) is 0 Å². The van der Waals surface area contributed by atoms with Crippen LogP contribution in [0.2, 0.25) is 5.02 Å². The van der Waals surface area contributed by atoms with Crippen LogP contribution >= 0.6 is 27.5 Å². The number of hydrogen-bond acceptors (Lipinski definition) is 2. The van der Waals surface area contributed by atoms with Gasteiger partial charge in [0, 0.05) is 17.6 Å². The zero-order valence-electron chi connectivity index (χ0n) is 11.7. The van der Waals surface area contributed by atoms with Gasteiger partial charge >= 0.3 is 0 Å². The van der Waals surface area contributed by atoms with E-state index in [1.807, 2.05) is 6.07 Å². The van der Waals surface area contributed by atoms with Gasteiger partial charge in [-0.15, -0.1) is 0 Å². The van der Waals surface area contributed by atoms with Gasteiger partial charge in [0.1, 0.15) is 0 Å². The average Bonchev–Trinajstić information content (AvgIpc) is 2.38. The van der Waals surface area contributed by atoms with Gasteiger partial charge in [0.2, 0.25) is 0 Å². The molecule has 1 N–H and O–H groups in total. The van der Waals surface area contributed by atoms with E-state index in [2.05, 4.69) is 52.3 Å². The summed E-state index contributed by atoms with van der Waals surface area (Å²) in [4.78, 5) is 2.41. The summed E-state index contributed by atoms with van der Waals surface area (Å²) in [5.74, 6) is 0. The van der Waals surface area contributed by atoms with E-state index >= 15 is 0 Å². The molecule has 2 nitrogen and oxygen atoms in total. The third kappa shape index (κ3) is 4.45. The van der Waals surface area contributed by atoms with Crippen molar-refractivity contribution in [1.82, 2.24) is 10.2 Å². The van der Waals surface area contributed by atoms with Gasteiger partial charge in [-0.25, -0.2) is 0 Å². The maximum absolute atomic E-state index is 6.00. The summed E-state index contributed by atoms with van der Waals surface area (Å²) in [5.41, 5.74) is 1.71. The zero-order chi connectivity index (χ0) is 13.9. The standard InChI is InChI=1S/C15H22BrClN2/c1-15(5-7-19(2)8-6-15)11-18-10-12-3-4-14(17)13(16)9-12/h3-4,9,18H,5-8,10-11H2,1-2H3. The Morgan fingerprint density at radius 2 is 2.05 bits per heavy atom. The predicted molar refractivity (Wildman–Crippen MR) is 85.7 cm³/mol. The molecule has 4 heteroatoms. The number of rotatable bonds is 4. The van der Waals surface area contributed by atoms with E-state index in [1.54, 1.807) is 0 Å². The van der Waals surface area contributed by atoms with Crippen LogP contribution in [0.1, 0.15) is 25.3 Å². The monoisotopic (exact) mass is 344 g/mol. The molecule has 0 unspecified atom stereocenters. The summed E-state index contributed by atoms with van der Waals surface area (Å²) in [6.07, 6.45) is 2.56.